The zero-order chi connectivity index (χ0) is 19.0. The molecule has 1 aromatic carbocycles. The van der Waals surface area contributed by atoms with Crippen molar-refractivity contribution in [2.75, 3.05) is 13.7 Å². The number of aliphatic hydroxyl groups is 1. The van der Waals surface area contributed by atoms with Crippen LogP contribution in [0.5, 0.6) is 0 Å². The average molecular weight is 338 g/mol. The Balaban J connectivity index is 0.000000470. The van der Waals surface area contributed by atoms with E-state index >= 15 is 0 Å². The van der Waals surface area contributed by atoms with E-state index in [1.54, 1.807) is 14.0 Å². The molecule has 0 radical (unpaired) electrons. The third kappa shape index (κ3) is 7.33. The smallest absolute Gasteiger partial charge is 0.0713 e. The van der Waals surface area contributed by atoms with Crippen molar-refractivity contribution < 1.29 is 9.84 Å². The number of hydrogen-bond donors (Lipinski definition) is 2. The zero-order valence-electron chi connectivity index (χ0n) is 17.2. The third-order valence-electron chi connectivity index (χ3n) is 5.27. The van der Waals surface area contributed by atoms with E-state index in [2.05, 4.69) is 78.0 Å². The number of aliphatic hydroxyl groups excluding tert-OH is 1. The molecule has 0 aliphatic heterocycles. The van der Waals surface area contributed by atoms with E-state index in [-0.39, 0.29) is 22.7 Å². The van der Waals surface area contributed by atoms with E-state index in [9.17, 15) is 0 Å². The fourth-order valence-electron chi connectivity index (χ4n) is 2.01. The molecule has 2 N–H and O–H groups in total. The first-order chi connectivity index (χ1) is 10.9. The first kappa shape index (κ1) is 23.1. The minimum absolute atomic E-state index is 0.0169. The fourth-order valence-corrected chi connectivity index (χ4v) is 2.01. The maximum absolute atomic E-state index is 8.95. The van der Waals surface area contributed by atoms with Crippen molar-refractivity contribution in [3.8, 4) is 0 Å². The molecule has 0 amide bonds. The van der Waals surface area contributed by atoms with Gasteiger partial charge in [-0.3, -0.25) is 0 Å². The van der Waals surface area contributed by atoms with Crippen LogP contribution in [0.25, 0.3) is 0 Å². The van der Waals surface area contributed by atoms with E-state index in [1.165, 1.54) is 5.56 Å². The van der Waals surface area contributed by atoms with Gasteiger partial charge in [0.15, 0.2) is 0 Å². The van der Waals surface area contributed by atoms with Crippen LogP contribution in [0, 0.1) is 0 Å². The van der Waals surface area contributed by atoms with Crippen LogP contribution in [0.15, 0.2) is 30.3 Å². The van der Waals surface area contributed by atoms with Crippen LogP contribution in [0.3, 0.4) is 0 Å². The van der Waals surface area contributed by atoms with Gasteiger partial charge < -0.3 is 15.2 Å². The Morgan fingerprint density at radius 3 is 1.92 bits per heavy atom. The minimum atomic E-state index is -0.245. The van der Waals surface area contributed by atoms with Gasteiger partial charge in [0, 0.05) is 24.6 Å². The fraction of sp³-hybridized carbons (Fsp3) is 0.714. The summed E-state index contributed by atoms with van der Waals surface area (Å²) in [5.41, 5.74) is 1.33. The van der Waals surface area contributed by atoms with E-state index in [1.807, 2.05) is 6.07 Å². The predicted octanol–water partition coefficient (Wildman–Crippen LogP) is 4.53. The summed E-state index contributed by atoms with van der Waals surface area (Å²) < 4.78 is 5.56. The molecule has 1 aromatic rings. The summed E-state index contributed by atoms with van der Waals surface area (Å²) in [6.07, 6.45) is 0.838. The van der Waals surface area contributed by atoms with Gasteiger partial charge in [-0.05, 0) is 46.6 Å². The zero-order valence-corrected chi connectivity index (χ0v) is 17.2. The van der Waals surface area contributed by atoms with Crippen molar-refractivity contribution in [1.29, 1.82) is 0 Å². The summed E-state index contributed by atoms with van der Waals surface area (Å²) in [5, 5.41) is 12.2. The highest BCUT2D eigenvalue weighted by Gasteiger charge is 2.38. The van der Waals surface area contributed by atoms with Gasteiger partial charge in [-0.1, -0.05) is 51.1 Å². The normalized spacial score (nSPS) is 13.9. The molecule has 1 unspecified atom stereocenters. The molecule has 24 heavy (non-hydrogen) atoms. The van der Waals surface area contributed by atoms with Gasteiger partial charge in [0.05, 0.1) is 11.7 Å². The van der Waals surface area contributed by atoms with E-state index in [0.29, 0.717) is 6.54 Å². The quantitative estimate of drug-likeness (QED) is 0.768. The molecule has 0 fully saturated rings. The lowest BCUT2D eigenvalue weighted by atomic mass is 9.72. The number of benzene rings is 1. The third-order valence-corrected chi connectivity index (χ3v) is 5.27. The molecule has 0 aliphatic carbocycles. The summed E-state index contributed by atoms with van der Waals surface area (Å²) in [6, 6.07) is 10.5. The monoisotopic (exact) mass is 337 g/mol. The van der Waals surface area contributed by atoms with E-state index in [0.717, 1.165) is 6.42 Å². The van der Waals surface area contributed by atoms with Crippen molar-refractivity contribution in [2.45, 2.75) is 84.5 Å². The van der Waals surface area contributed by atoms with Gasteiger partial charge in [0.25, 0.3) is 0 Å². The highest BCUT2D eigenvalue weighted by Crippen LogP contribution is 2.36. The van der Waals surface area contributed by atoms with Gasteiger partial charge in [0.1, 0.15) is 0 Å². The molecule has 0 heterocycles. The first-order valence-corrected chi connectivity index (χ1v) is 8.93. The van der Waals surface area contributed by atoms with Gasteiger partial charge >= 0.3 is 0 Å². The summed E-state index contributed by atoms with van der Waals surface area (Å²) in [7, 11) is 1.77. The van der Waals surface area contributed by atoms with Crippen LogP contribution in [0.1, 0.15) is 67.4 Å². The largest absolute Gasteiger partial charge is 0.392 e. The highest BCUT2D eigenvalue weighted by molar-refractivity contribution is 5.26. The lowest BCUT2D eigenvalue weighted by Gasteiger charge is -2.41. The Morgan fingerprint density at radius 2 is 1.54 bits per heavy atom. The second-order valence-electron chi connectivity index (χ2n) is 8.17. The van der Waals surface area contributed by atoms with Crippen molar-refractivity contribution >= 4 is 0 Å². The summed E-state index contributed by atoms with van der Waals surface area (Å²) in [4.78, 5) is 0. The molecule has 0 spiro atoms. The molecule has 0 aliphatic rings. The van der Waals surface area contributed by atoms with E-state index in [4.69, 9.17) is 9.84 Å². The van der Waals surface area contributed by atoms with Crippen LogP contribution in [0.2, 0.25) is 0 Å². The van der Waals surface area contributed by atoms with Crippen LogP contribution in [-0.2, 0) is 10.2 Å². The Morgan fingerprint density at radius 1 is 1.04 bits per heavy atom. The molecular weight excluding hydrogens is 298 g/mol. The Kier molecular flexibility index (Phi) is 9.19. The molecule has 0 saturated carbocycles. The van der Waals surface area contributed by atoms with Crippen molar-refractivity contribution in [3.05, 3.63) is 35.9 Å². The minimum Gasteiger partial charge on any atom is -0.392 e. The summed E-state index contributed by atoms with van der Waals surface area (Å²) >= 11 is 0. The molecule has 0 saturated heterocycles. The SMILES string of the molecule is CCC(C)(C)NCC(C)O.COC(C)(C)C(C)(C)c1ccccc1. The average Bonchev–Trinajstić information content (AvgIpc) is 2.54. The maximum atomic E-state index is 8.95. The standard InChI is InChI=1S/C13H20O.C8H19NO/c1-12(2,13(3,4)14-5)11-9-7-6-8-10-11;1-5-8(3,4)9-6-7(2)10/h6-10H,1-5H3;7,9-10H,5-6H2,1-4H3. The number of rotatable bonds is 7. The number of hydrogen-bond acceptors (Lipinski definition) is 3. The van der Waals surface area contributed by atoms with Crippen LogP contribution in [-0.4, -0.2) is 36.0 Å². The highest BCUT2D eigenvalue weighted by atomic mass is 16.5. The van der Waals surface area contributed by atoms with E-state index < -0.39 is 0 Å². The van der Waals surface area contributed by atoms with Gasteiger partial charge in [-0.2, -0.15) is 0 Å². The number of ether oxygens (including phenoxy) is 1. The van der Waals surface area contributed by atoms with Crippen molar-refractivity contribution in [3.63, 3.8) is 0 Å². The molecule has 1 rings (SSSR count). The summed E-state index contributed by atoms with van der Waals surface area (Å²) in [6.45, 7) is 17.6. The lowest BCUT2D eigenvalue weighted by molar-refractivity contribution is -0.0341. The molecule has 3 heteroatoms. The Labute approximate surface area is 149 Å². The van der Waals surface area contributed by atoms with Crippen LogP contribution >= 0.6 is 0 Å². The van der Waals surface area contributed by atoms with Gasteiger partial charge in [-0.25, -0.2) is 0 Å². The topological polar surface area (TPSA) is 41.5 Å². The van der Waals surface area contributed by atoms with Crippen LogP contribution in [0.4, 0.5) is 0 Å². The van der Waals surface area contributed by atoms with Crippen LogP contribution < -0.4 is 5.32 Å². The Hall–Kier alpha value is -0.900. The first-order valence-electron chi connectivity index (χ1n) is 8.93. The second kappa shape index (κ2) is 9.55. The Bertz CT molecular complexity index is 450. The van der Waals surface area contributed by atoms with Crippen molar-refractivity contribution in [1.82, 2.24) is 5.32 Å². The summed E-state index contributed by atoms with van der Waals surface area (Å²) in [5.74, 6) is 0. The molecular formula is C21H39NO2. The molecule has 140 valence electrons. The van der Waals surface area contributed by atoms with Gasteiger partial charge in [-0.15, -0.1) is 0 Å². The second-order valence-corrected chi connectivity index (χ2v) is 8.17. The predicted molar refractivity (Wildman–Crippen MR) is 105 cm³/mol. The van der Waals surface area contributed by atoms with Gasteiger partial charge in [0.2, 0.25) is 0 Å². The number of nitrogens with one attached hydrogen (secondary N) is 1. The lowest BCUT2D eigenvalue weighted by Crippen LogP contribution is -2.44. The van der Waals surface area contributed by atoms with Crippen molar-refractivity contribution in [2.24, 2.45) is 0 Å². The number of β-amino-alcohol motifs (C(OH)–C–C–N with tert-alkyl or cyclic N) is 1. The number of methoxy groups -OCH3 is 1. The molecule has 0 bridgehead atoms. The molecule has 3 nitrogen and oxygen atoms in total. The molecule has 1 atom stereocenters. The maximum Gasteiger partial charge on any atom is 0.0713 e. The molecule has 0 aromatic heterocycles.